The molecule has 1 aromatic carbocycles. The molecule has 0 aliphatic carbocycles. The number of hydrogen-bond donors (Lipinski definition) is 2. The summed E-state index contributed by atoms with van der Waals surface area (Å²) in [5.41, 5.74) is 8.29. The molecule has 2 aromatic heterocycles. The summed E-state index contributed by atoms with van der Waals surface area (Å²) in [6.45, 7) is 2.01. The number of imidazole rings is 1. The number of aromatic nitrogens is 3. The van der Waals surface area contributed by atoms with E-state index in [2.05, 4.69) is 15.3 Å². The maximum atomic E-state index is 11.5. The minimum absolute atomic E-state index is 0.242. The van der Waals surface area contributed by atoms with E-state index in [0.717, 1.165) is 11.1 Å². The van der Waals surface area contributed by atoms with Crippen LogP contribution >= 0.6 is 0 Å². The fraction of sp³-hybridized carbons (Fsp3) is 0.118. The molecule has 24 heavy (non-hydrogen) atoms. The first kappa shape index (κ1) is 15.5. The van der Waals surface area contributed by atoms with Crippen LogP contribution in [0.3, 0.4) is 0 Å². The average Bonchev–Trinajstić information content (AvgIpc) is 2.97. The maximum Gasteiger partial charge on any atom is 0.412 e. The predicted octanol–water partition coefficient (Wildman–Crippen LogP) is 3.21. The summed E-state index contributed by atoms with van der Waals surface area (Å²) in [4.78, 5) is 19.9. The quantitative estimate of drug-likeness (QED) is 0.768. The monoisotopic (exact) mass is 323 g/mol. The molecule has 7 nitrogen and oxygen atoms in total. The summed E-state index contributed by atoms with van der Waals surface area (Å²) in [5, 5.41) is 2.55. The molecule has 122 valence electrons. The van der Waals surface area contributed by atoms with Gasteiger partial charge < -0.3 is 15.0 Å². The zero-order valence-electron chi connectivity index (χ0n) is 13.1. The summed E-state index contributed by atoms with van der Waals surface area (Å²) in [6.07, 6.45) is 4.90. The van der Waals surface area contributed by atoms with Gasteiger partial charge in [0.15, 0.2) is 5.82 Å². The number of nitrogens with one attached hydrogen (secondary N) is 1. The van der Waals surface area contributed by atoms with E-state index in [1.807, 2.05) is 47.2 Å². The molecule has 0 aliphatic rings. The lowest BCUT2D eigenvalue weighted by molar-refractivity contribution is 0.168. The van der Waals surface area contributed by atoms with Crippen LogP contribution in [0.15, 0.2) is 42.7 Å². The fourth-order valence-electron chi connectivity index (χ4n) is 2.24. The van der Waals surface area contributed by atoms with Crippen molar-refractivity contribution in [2.24, 2.45) is 0 Å². The van der Waals surface area contributed by atoms with Crippen LogP contribution in [-0.2, 0) is 4.74 Å². The van der Waals surface area contributed by atoms with Gasteiger partial charge in [-0.15, -0.1) is 0 Å². The molecule has 7 heteroatoms. The molecule has 0 bridgehead atoms. The lowest BCUT2D eigenvalue weighted by Crippen LogP contribution is -2.14. The van der Waals surface area contributed by atoms with Gasteiger partial charge in [0.1, 0.15) is 17.7 Å². The number of amides is 1. The van der Waals surface area contributed by atoms with Gasteiger partial charge in [0, 0.05) is 12.3 Å². The molecule has 3 rings (SSSR count). The van der Waals surface area contributed by atoms with Crippen LogP contribution in [-0.4, -0.2) is 27.2 Å². The predicted molar refractivity (Wildman–Crippen MR) is 94.3 cm³/mol. The molecule has 0 unspecified atom stereocenters. The molecule has 1 amide bonds. The first-order valence-electron chi connectivity index (χ1n) is 7.47. The van der Waals surface area contributed by atoms with Crippen molar-refractivity contribution in [3.05, 3.63) is 48.3 Å². The Morgan fingerprint density at radius 3 is 2.92 bits per heavy atom. The highest BCUT2D eigenvalue weighted by molar-refractivity contribution is 5.92. The van der Waals surface area contributed by atoms with Crippen LogP contribution in [0, 0.1) is 0 Å². The Morgan fingerprint density at radius 2 is 2.17 bits per heavy atom. The number of nitrogen functional groups attached to an aromatic ring is 1. The second kappa shape index (κ2) is 6.82. The highest BCUT2D eigenvalue weighted by Gasteiger charge is 2.11. The largest absolute Gasteiger partial charge is 0.450 e. The number of hydrogen-bond acceptors (Lipinski definition) is 5. The molecule has 0 spiro atoms. The van der Waals surface area contributed by atoms with Crippen molar-refractivity contribution < 1.29 is 9.53 Å². The van der Waals surface area contributed by atoms with E-state index in [1.165, 1.54) is 0 Å². The van der Waals surface area contributed by atoms with Crippen LogP contribution in [0.1, 0.15) is 12.5 Å². The van der Waals surface area contributed by atoms with E-state index in [9.17, 15) is 4.79 Å². The smallest absolute Gasteiger partial charge is 0.412 e. The van der Waals surface area contributed by atoms with E-state index in [0.29, 0.717) is 11.3 Å². The number of rotatable bonds is 4. The Labute approximate surface area is 138 Å². The number of nitrogens with zero attached hydrogens (tertiary/aromatic N) is 3. The summed E-state index contributed by atoms with van der Waals surface area (Å²) in [6, 6.07) is 11.6. The molecular formula is C17H17N5O2. The SMILES string of the molecule is CCOC(=O)Nc1cc2c(ncn2/C=C\c2ccccc2)c(N)n1. The Balaban J connectivity index is 1.93. The summed E-state index contributed by atoms with van der Waals surface area (Å²) in [7, 11) is 0. The van der Waals surface area contributed by atoms with Crippen LogP contribution < -0.4 is 11.1 Å². The molecule has 0 atom stereocenters. The first-order chi connectivity index (χ1) is 11.7. The number of anilines is 2. The standard InChI is InChI=1S/C17H17N5O2/c1-2-24-17(23)21-14-10-13-15(16(18)20-14)19-11-22(13)9-8-12-6-4-3-5-7-12/h3-11H,2H2,1H3,(H3,18,20,21,23)/b9-8-. The molecule has 3 N–H and O–H groups in total. The molecule has 3 aromatic rings. The van der Waals surface area contributed by atoms with E-state index in [1.54, 1.807) is 19.3 Å². The third-order valence-corrected chi connectivity index (χ3v) is 3.32. The Morgan fingerprint density at radius 1 is 1.38 bits per heavy atom. The summed E-state index contributed by atoms with van der Waals surface area (Å²) < 4.78 is 6.66. The number of benzene rings is 1. The maximum absolute atomic E-state index is 11.5. The van der Waals surface area contributed by atoms with Gasteiger partial charge in [0.05, 0.1) is 12.1 Å². The Hall–Kier alpha value is -3.35. The fourth-order valence-corrected chi connectivity index (χ4v) is 2.24. The Bertz CT molecular complexity index is 887. The summed E-state index contributed by atoms with van der Waals surface area (Å²) >= 11 is 0. The lowest BCUT2D eigenvalue weighted by atomic mass is 10.2. The van der Waals surface area contributed by atoms with Crippen LogP contribution in [0.25, 0.3) is 23.3 Å². The van der Waals surface area contributed by atoms with Crippen molar-refractivity contribution in [2.75, 3.05) is 17.7 Å². The second-order valence-corrected chi connectivity index (χ2v) is 4.98. The highest BCUT2D eigenvalue weighted by Crippen LogP contribution is 2.22. The van der Waals surface area contributed by atoms with Crippen molar-refractivity contribution in [1.82, 2.24) is 14.5 Å². The number of carbonyl (C=O) groups excluding carboxylic acids is 1. The first-order valence-corrected chi connectivity index (χ1v) is 7.47. The minimum atomic E-state index is -0.574. The number of pyridine rings is 1. The van der Waals surface area contributed by atoms with E-state index < -0.39 is 6.09 Å². The third kappa shape index (κ3) is 3.35. The van der Waals surface area contributed by atoms with Gasteiger partial charge >= 0.3 is 6.09 Å². The number of ether oxygens (including phenoxy) is 1. The van der Waals surface area contributed by atoms with Crippen molar-refractivity contribution >= 4 is 41.0 Å². The van der Waals surface area contributed by atoms with Crippen molar-refractivity contribution in [3.8, 4) is 0 Å². The number of nitrogens with two attached hydrogens (primary N) is 1. The van der Waals surface area contributed by atoms with Crippen molar-refractivity contribution in [3.63, 3.8) is 0 Å². The second-order valence-electron chi connectivity index (χ2n) is 4.98. The lowest BCUT2D eigenvalue weighted by Gasteiger charge is -2.06. The number of fused-ring (bicyclic) bond motifs is 1. The van der Waals surface area contributed by atoms with Gasteiger partial charge in [0.25, 0.3) is 0 Å². The van der Waals surface area contributed by atoms with E-state index in [4.69, 9.17) is 10.5 Å². The topological polar surface area (TPSA) is 95.1 Å². The molecule has 0 saturated heterocycles. The van der Waals surface area contributed by atoms with Gasteiger partial charge in [-0.25, -0.2) is 14.8 Å². The van der Waals surface area contributed by atoms with Crippen LogP contribution in [0.4, 0.5) is 16.4 Å². The normalized spacial score (nSPS) is 11.0. The molecule has 0 radical (unpaired) electrons. The Kier molecular flexibility index (Phi) is 4.42. The van der Waals surface area contributed by atoms with Crippen molar-refractivity contribution in [1.29, 1.82) is 0 Å². The van der Waals surface area contributed by atoms with E-state index >= 15 is 0 Å². The van der Waals surface area contributed by atoms with Gasteiger partial charge in [-0.2, -0.15) is 0 Å². The zero-order chi connectivity index (χ0) is 16.9. The van der Waals surface area contributed by atoms with E-state index in [-0.39, 0.29) is 12.4 Å². The molecular weight excluding hydrogens is 306 g/mol. The van der Waals surface area contributed by atoms with Gasteiger partial charge in [-0.05, 0) is 18.6 Å². The van der Waals surface area contributed by atoms with Crippen LogP contribution in [0.2, 0.25) is 0 Å². The molecule has 0 aliphatic heterocycles. The number of carbonyl (C=O) groups is 1. The molecule has 2 heterocycles. The zero-order valence-corrected chi connectivity index (χ0v) is 13.1. The third-order valence-electron chi connectivity index (χ3n) is 3.32. The molecule has 0 saturated carbocycles. The van der Waals surface area contributed by atoms with Gasteiger partial charge in [0.2, 0.25) is 0 Å². The minimum Gasteiger partial charge on any atom is -0.450 e. The van der Waals surface area contributed by atoms with Gasteiger partial charge in [-0.1, -0.05) is 30.3 Å². The van der Waals surface area contributed by atoms with Crippen molar-refractivity contribution in [2.45, 2.75) is 6.92 Å². The van der Waals surface area contributed by atoms with Gasteiger partial charge in [-0.3, -0.25) is 5.32 Å². The average molecular weight is 323 g/mol. The van der Waals surface area contributed by atoms with Crippen LogP contribution in [0.5, 0.6) is 0 Å². The highest BCUT2D eigenvalue weighted by atomic mass is 16.5. The summed E-state index contributed by atoms with van der Waals surface area (Å²) in [5.74, 6) is 0.555. The molecule has 0 fully saturated rings.